The predicted octanol–water partition coefficient (Wildman–Crippen LogP) is 5.10. The smallest absolute Gasteiger partial charge is 0.411 e. The van der Waals surface area contributed by atoms with Crippen molar-refractivity contribution < 1.29 is 33.2 Å². The number of hydrogen-bond acceptors (Lipinski definition) is 13. The third-order valence-electron chi connectivity index (χ3n) is 6.10. The van der Waals surface area contributed by atoms with E-state index in [1.807, 2.05) is 19.1 Å². The van der Waals surface area contributed by atoms with Crippen molar-refractivity contribution in [2.45, 2.75) is 45.8 Å². The lowest BCUT2D eigenvalue weighted by atomic mass is 10.1. The van der Waals surface area contributed by atoms with Crippen LogP contribution in [0, 0.1) is 12.7 Å². The van der Waals surface area contributed by atoms with E-state index in [4.69, 9.17) is 18.9 Å². The Hall–Kier alpha value is -4.76. The standard InChI is InChI=1S/C29H30FN7O6S/c1-15-8-18(23-20(9-15)35-22(40-5)13-31-23)25-36-21-10-19(30)24(37-26(21)44-25)43-16(2)14-42-28(38)34-17-11-32-27(33-12-17)41-7-6-29(3,4)39/h8-13,16,39H,6-7,14H2,1-5H3,(H,34,38)/t16-/m0/s1. The van der Waals surface area contributed by atoms with Gasteiger partial charge in [-0.05, 0) is 45.4 Å². The summed E-state index contributed by atoms with van der Waals surface area (Å²) < 4.78 is 36.4. The molecule has 5 aromatic rings. The molecule has 5 rings (SSSR count). The highest BCUT2D eigenvalue weighted by molar-refractivity contribution is 7.21. The van der Waals surface area contributed by atoms with E-state index in [9.17, 15) is 14.3 Å². The number of carbonyl (C=O) groups excluding carboxylic acids is 1. The number of nitrogens with one attached hydrogen (secondary N) is 1. The fraction of sp³-hybridized carbons (Fsp3) is 0.345. The maximum atomic E-state index is 14.9. The number of pyridine rings is 1. The molecule has 4 heterocycles. The van der Waals surface area contributed by atoms with Gasteiger partial charge in [0.2, 0.25) is 5.88 Å². The van der Waals surface area contributed by atoms with Crippen LogP contribution in [-0.4, -0.2) is 73.1 Å². The van der Waals surface area contributed by atoms with Crippen molar-refractivity contribution in [1.29, 1.82) is 0 Å². The molecule has 2 N–H and O–H groups in total. The maximum Gasteiger partial charge on any atom is 0.411 e. The van der Waals surface area contributed by atoms with E-state index in [0.29, 0.717) is 38.7 Å². The van der Waals surface area contributed by atoms with Crippen LogP contribution in [0.5, 0.6) is 17.8 Å². The number of aliphatic hydroxyl groups is 1. The van der Waals surface area contributed by atoms with Crippen LogP contribution >= 0.6 is 11.3 Å². The Morgan fingerprint density at radius 3 is 2.59 bits per heavy atom. The van der Waals surface area contributed by atoms with Gasteiger partial charge >= 0.3 is 12.1 Å². The molecule has 13 nitrogen and oxygen atoms in total. The first-order valence-electron chi connectivity index (χ1n) is 13.5. The average Bonchev–Trinajstić information content (AvgIpc) is 3.38. The molecule has 0 unspecified atom stereocenters. The van der Waals surface area contributed by atoms with Crippen LogP contribution in [0.15, 0.2) is 36.8 Å². The van der Waals surface area contributed by atoms with E-state index in [1.54, 1.807) is 20.8 Å². The SMILES string of the molecule is COc1cnc2c(-c3nc4cc(F)c(O[C@@H](C)COC(=O)Nc5cnc(OCCC(C)(C)O)nc5)nc4s3)cc(C)cc2n1. The normalized spacial score (nSPS) is 12.2. The summed E-state index contributed by atoms with van der Waals surface area (Å²) in [5.41, 5.74) is 2.76. The average molecular weight is 624 g/mol. The number of thiazole rings is 1. The number of amides is 1. The number of rotatable bonds is 11. The van der Waals surface area contributed by atoms with Gasteiger partial charge in [-0.1, -0.05) is 11.3 Å². The van der Waals surface area contributed by atoms with Gasteiger partial charge in [0.15, 0.2) is 5.82 Å². The van der Waals surface area contributed by atoms with Gasteiger partial charge in [0.1, 0.15) is 28.1 Å². The Bertz CT molecular complexity index is 1800. The van der Waals surface area contributed by atoms with Crippen molar-refractivity contribution in [1.82, 2.24) is 29.9 Å². The Labute approximate surface area is 255 Å². The van der Waals surface area contributed by atoms with Crippen molar-refractivity contribution in [3.8, 4) is 28.3 Å². The van der Waals surface area contributed by atoms with Crippen molar-refractivity contribution in [2.75, 3.05) is 25.6 Å². The second-order valence-electron chi connectivity index (χ2n) is 10.5. The zero-order valence-corrected chi connectivity index (χ0v) is 25.4. The third kappa shape index (κ3) is 7.60. The molecule has 1 aromatic carbocycles. The molecule has 0 saturated carbocycles. The van der Waals surface area contributed by atoms with Gasteiger partial charge in [-0.2, -0.15) is 4.98 Å². The Kier molecular flexibility index (Phi) is 8.96. The van der Waals surface area contributed by atoms with E-state index in [1.165, 1.54) is 43.1 Å². The summed E-state index contributed by atoms with van der Waals surface area (Å²) in [6.07, 6.45) is 3.15. The van der Waals surface area contributed by atoms with E-state index in [-0.39, 0.29) is 30.8 Å². The van der Waals surface area contributed by atoms with Crippen LogP contribution in [0.25, 0.3) is 32.0 Å². The monoisotopic (exact) mass is 623 g/mol. The zero-order valence-electron chi connectivity index (χ0n) is 24.6. The molecule has 0 bridgehead atoms. The van der Waals surface area contributed by atoms with Crippen molar-refractivity contribution >= 4 is 44.5 Å². The first kappa shape index (κ1) is 30.7. The third-order valence-corrected chi connectivity index (χ3v) is 7.09. The molecule has 1 atom stereocenters. The molecule has 0 fully saturated rings. The summed E-state index contributed by atoms with van der Waals surface area (Å²) in [4.78, 5) is 38.6. The summed E-state index contributed by atoms with van der Waals surface area (Å²) in [5, 5.41) is 12.8. The summed E-state index contributed by atoms with van der Waals surface area (Å²) in [5.74, 6) is -0.546. The molecule has 4 aromatic heterocycles. The van der Waals surface area contributed by atoms with Crippen molar-refractivity contribution in [3.63, 3.8) is 0 Å². The van der Waals surface area contributed by atoms with Crippen LogP contribution in [0.1, 0.15) is 32.8 Å². The molecule has 44 heavy (non-hydrogen) atoms. The van der Waals surface area contributed by atoms with Gasteiger partial charge in [0, 0.05) is 18.1 Å². The van der Waals surface area contributed by atoms with E-state index >= 15 is 0 Å². The molecule has 230 valence electrons. The summed E-state index contributed by atoms with van der Waals surface area (Å²) in [6.45, 7) is 6.95. The molecule has 0 spiro atoms. The minimum Gasteiger partial charge on any atom is -0.480 e. The number of halogens is 1. The van der Waals surface area contributed by atoms with Gasteiger partial charge in [-0.25, -0.2) is 34.1 Å². The molecule has 0 saturated heterocycles. The lowest BCUT2D eigenvalue weighted by Gasteiger charge is -2.16. The van der Waals surface area contributed by atoms with Gasteiger partial charge in [-0.3, -0.25) is 5.32 Å². The fourth-order valence-electron chi connectivity index (χ4n) is 3.95. The first-order chi connectivity index (χ1) is 21.0. The van der Waals surface area contributed by atoms with Gasteiger partial charge in [0.05, 0.1) is 54.6 Å². The lowest BCUT2D eigenvalue weighted by molar-refractivity contribution is 0.0539. The topological polar surface area (TPSA) is 164 Å². The second kappa shape index (κ2) is 12.9. The summed E-state index contributed by atoms with van der Waals surface area (Å²) in [7, 11) is 1.52. The number of aromatic nitrogens is 6. The van der Waals surface area contributed by atoms with Crippen LogP contribution < -0.4 is 19.5 Å². The molecule has 0 aliphatic carbocycles. The summed E-state index contributed by atoms with van der Waals surface area (Å²) in [6, 6.07) is 5.20. The highest BCUT2D eigenvalue weighted by Crippen LogP contribution is 2.35. The fourth-order valence-corrected chi connectivity index (χ4v) is 4.88. The molecule has 0 aliphatic rings. The molecule has 15 heteroatoms. The minimum atomic E-state index is -0.866. The lowest BCUT2D eigenvalue weighted by Crippen LogP contribution is -2.25. The minimum absolute atomic E-state index is 0.108. The number of benzene rings is 1. The number of hydrogen-bond donors (Lipinski definition) is 2. The number of carbonyl (C=O) groups is 1. The van der Waals surface area contributed by atoms with Crippen LogP contribution in [-0.2, 0) is 4.74 Å². The maximum absolute atomic E-state index is 14.9. The van der Waals surface area contributed by atoms with Gasteiger partial charge in [0.25, 0.3) is 5.88 Å². The number of methoxy groups -OCH3 is 1. The second-order valence-corrected chi connectivity index (χ2v) is 11.5. The predicted molar refractivity (Wildman–Crippen MR) is 161 cm³/mol. The molecular weight excluding hydrogens is 593 g/mol. The van der Waals surface area contributed by atoms with Crippen LogP contribution in [0.3, 0.4) is 0 Å². The Balaban J connectivity index is 1.20. The molecular formula is C29H30FN7O6S. The van der Waals surface area contributed by atoms with Crippen LogP contribution in [0.4, 0.5) is 14.9 Å². The molecule has 1 amide bonds. The molecule has 0 radical (unpaired) electrons. The Morgan fingerprint density at radius 1 is 1.09 bits per heavy atom. The number of aryl methyl sites for hydroxylation is 1. The zero-order chi connectivity index (χ0) is 31.4. The Morgan fingerprint density at radius 2 is 1.86 bits per heavy atom. The number of fused-ring (bicyclic) bond motifs is 2. The van der Waals surface area contributed by atoms with Crippen molar-refractivity contribution in [2.24, 2.45) is 0 Å². The van der Waals surface area contributed by atoms with E-state index in [0.717, 1.165) is 11.1 Å². The quantitative estimate of drug-likeness (QED) is 0.200. The number of ether oxygens (including phenoxy) is 4. The van der Waals surface area contributed by atoms with Gasteiger partial charge in [-0.15, -0.1) is 0 Å². The first-order valence-corrected chi connectivity index (χ1v) is 14.4. The van der Waals surface area contributed by atoms with E-state index in [2.05, 4.69) is 35.2 Å². The number of nitrogens with zero attached hydrogens (tertiary/aromatic N) is 6. The van der Waals surface area contributed by atoms with Gasteiger partial charge < -0.3 is 24.1 Å². The molecule has 0 aliphatic heterocycles. The van der Waals surface area contributed by atoms with Crippen LogP contribution in [0.2, 0.25) is 0 Å². The highest BCUT2D eigenvalue weighted by Gasteiger charge is 2.19. The number of anilines is 1. The van der Waals surface area contributed by atoms with Crippen molar-refractivity contribution in [3.05, 3.63) is 48.2 Å². The summed E-state index contributed by atoms with van der Waals surface area (Å²) >= 11 is 1.26. The van der Waals surface area contributed by atoms with E-state index < -0.39 is 23.6 Å². The largest absolute Gasteiger partial charge is 0.480 e. The highest BCUT2D eigenvalue weighted by atomic mass is 32.1.